The fourth-order valence-electron chi connectivity index (χ4n) is 4.38. The number of benzene rings is 1. The third-order valence-electron chi connectivity index (χ3n) is 5.65. The number of ketones is 1. The first kappa shape index (κ1) is 13.9. The number of hydrogen-bond acceptors (Lipinski definition) is 1. The van der Waals surface area contributed by atoms with E-state index in [1.54, 1.807) is 5.56 Å². The van der Waals surface area contributed by atoms with Crippen LogP contribution in [0.15, 0.2) is 24.3 Å². The first-order valence-electron chi connectivity index (χ1n) is 8.31. The van der Waals surface area contributed by atoms with Crippen LogP contribution < -0.4 is 0 Å². The summed E-state index contributed by atoms with van der Waals surface area (Å²) < 4.78 is 0. The molecule has 0 amide bonds. The standard InChI is InChI=1S/C19H26O/c1-14-4-2-3-5-19(14)17-8-6-15(7-9-17)16-10-12-18(20)13-11-16/h2-5,15-17H,6-13H2,1H3. The highest BCUT2D eigenvalue weighted by Gasteiger charge is 2.30. The van der Waals surface area contributed by atoms with Crippen LogP contribution in [0.4, 0.5) is 0 Å². The summed E-state index contributed by atoms with van der Waals surface area (Å²) in [5, 5.41) is 0. The van der Waals surface area contributed by atoms with Crippen molar-refractivity contribution in [3.8, 4) is 0 Å². The van der Waals surface area contributed by atoms with Gasteiger partial charge < -0.3 is 0 Å². The fourth-order valence-corrected chi connectivity index (χ4v) is 4.38. The molecule has 0 aliphatic heterocycles. The molecule has 0 atom stereocenters. The van der Waals surface area contributed by atoms with Gasteiger partial charge in [0.2, 0.25) is 0 Å². The SMILES string of the molecule is Cc1ccccc1C1CCC(C2CCC(=O)CC2)CC1. The van der Waals surface area contributed by atoms with Crippen molar-refractivity contribution in [1.82, 2.24) is 0 Å². The van der Waals surface area contributed by atoms with Crippen LogP contribution in [-0.4, -0.2) is 5.78 Å². The lowest BCUT2D eigenvalue weighted by molar-refractivity contribution is -0.121. The molecule has 0 bridgehead atoms. The van der Waals surface area contributed by atoms with E-state index in [1.165, 1.54) is 44.1 Å². The fraction of sp³-hybridized carbons (Fsp3) is 0.632. The molecule has 2 saturated carbocycles. The molecule has 0 spiro atoms. The second-order valence-electron chi connectivity index (χ2n) is 6.84. The summed E-state index contributed by atoms with van der Waals surface area (Å²) in [7, 11) is 0. The Bertz CT molecular complexity index is 458. The maximum Gasteiger partial charge on any atom is 0.132 e. The lowest BCUT2D eigenvalue weighted by Gasteiger charge is -2.36. The van der Waals surface area contributed by atoms with Gasteiger partial charge in [0.15, 0.2) is 0 Å². The van der Waals surface area contributed by atoms with Gasteiger partial charge in [0.05, 0.1) is 0 Å². The molecule has 20 heavy (non-hydrogen) atoms. The Balaban J connectivity index is 1.57. The molecule has 1 aromatic rings. The van der Waals surface area contributed by atoms with Crippen molar-refractivity contribution in [3.63, 3.8) is 0 Å². The van der Waals surface area contributed by atoms with Crippen molar-refractivity contribution in [3.05, 3.63) is 35.4 Å². The van der Waals surface area contributed by atoms with Crippen LogP contribution in [0.5, 0.6) is 0 Å². The predicted octanol–water partition coefficient (Wildman–Crippen LogP) is 5.03. The summed E-state index contributed by atoms with van der Waals surface area (Å²) in [6, 6.07) is 8.89. The van der Waals surface area contributed by atoms with Crippen LogP contribution in [0.3, 0.4) is 0 Å². The molecule has 0 saturated heterocycles. The van der Waals surface area contributed by atoms with Gasteiger partial charge in [-0.3, -0.25) is 4.79 Å². The molecule has 0 aromatic heterocycles. The average Bonchev–Trinajstić information content (AvgIpc) is 2.49. The number of aryl methyl sites for hydroxylation is 1. The Morgan fingerprint density at radius 1 is 0.850 bits per heavy atom. The van der Waals surface area contributed by atoms with Gasteiger partial charge in [-0.1, -0.05) is 24.3 Å². The first-order chi connectivity index (χ1) is 9.74. The topological polar surface area (TPSA) is 17.1 Å². The molecule has 108 valence electrons. The zero-order chi connectivity index (χ0) is 13.9. The maximum atomic E-state index is 11.4. The minimum Gasteiger partial charge on any atom is -0.300 e. The Hall–Kier alpha value is -1.11. The van der Waals surface area contributed by atoms with Crippen LogP contribution in [0.25, 0.3) is 0 Å². The van der Waals surface area contributed by atoms with E-state index in [2.05, 4.69) is 31.2 Å². The highest BCUT2D eigenvalue weighted by atomic mass is 16.1. The van der Waals surface area contributed by atoms with Crippen molar-refractivity contribution in [2.75, 3.05) is 0 Å². The number of Topliss-reactive ketones (excluding diaryl/α,β-unsaturated/α-hetero) is 1. The molecule has 2 aliphatic carbocycles. The molecule has 2 fully saturated rings. The minimum atomic E-state index is 0.495. The van der Waals surface area contributed by atoms with Gasteiger partial charge in [-0.25, -0.2) is 0 Å². The molecular formula is C19H26O. The quantitative estimate of drug-likeness (QED) is 0.736. The van der Waals surface area contributed by atoms with Crippen LogP contribution >= 0.6 is 0 Å². The summed E-state index contributed by atoms with van der Waals surface area (Å²) in [6.07, 6.45) is 9.47. The van der Waals surface area contributed by atoms with Gasteiger partial charge in [0, 0.05) is 12.8 Å². The third-order valence-corrected chi connectivity index (χ3v) is 5.65. The van der Waals surface area contributed by atoms with Gasteiger partial charge in [0.25, 0.3) is 0 Å². The normalized spacial score (nSPS) is 28.6. The molecule has 0 heterocycles. The maximum absolute atomic E-state index is 11.4. The summed E-state index contributed by atoms with van der Waals surface area (Å²) in [4.78, 5) is 11.4. The Morgan fingerprint density at radius 3 is 2.10 bits per heavy atom. The van der Waals surface area contributed by atoms with Gasteiger partial charge in [-0.2, -0.15) is 0 Å². The van der Waals surface area contributed by atoms with E-state index in [4.69, 9.17) is 0 Å². The Morgan fingerprint density at radius 2 is 1.45 bits per heavy atom. The average molecular weight is 270 g/mol. The summed E-state index contributed by atoms with van der Waals surface area (Å²) >= 11 is 0. The van der Waals surface area contributed by atoms with Gasteiger partial charge in [-0.15, -0.1) is 0 Å². The molecule has 1 heteroatoms. The van der Waals surface area contributed by atoms with Crippen molar-refractivity contribution >= 4 is 5.78 Å². The van der Waals surface area contributed by atoms with Crippen LogP contribution in [0, 0.1) is 18.8 Å². The lowest BCUT2D eigenvalue weighted by atomic mass is 9.69. The summed E-state index contributed by atoms with van der Waals surface area (Å²) in [5.74, 6) is 3.00. The molecule has 0 N–H and O–H groups in total. The predicted molar refractivity (Wildman–Crippen MR) is 82.8 cm³/mol. The van der Waals surface area contributed by atoms with Gasteiger partial charge >= 0.3 is 0 Å². The first-order valence-corrected chi connectivity index (χ1v) is 8.31. The Labute approximate surface area is 122 Å². The molecule has 1 nitrogen and oxygen atoms in total. The van der Waals surface area contributed by atoms with E-state index in [1.807, 2.05) is 0 Å². The molecule has 1 aromatic carbocycles. The highest BCUT2D eigenvalue weighted by Crippen LogP contribution is 2.42. The highest BCUT2D eigenvalue weighted by molar-refractivity contribution is 5.79. The number of carbonyl (C=O) groups excluding carboxylic acids is 1. The van der Waals surface area contributed by atoms with Crippen molar-refractivity contribution < 1.29 is 4.79 Å². The molecule has 2 aliphatic rings. The number of carbonyl (C=O) groups is 1. The number of rotatable bonds is 2. The van der Waals surface area contributed by atoms with E-state index in [-0.39, 0.29) is 0 Å². The van der Waals surface area contributed by atoms with Crippen molar-refractivity contribution in [1.29, 1.82) is 0 Å². The second kappa shape index (κ2) is 6.11. The van der Waals surface area contributed by atoms with E-state index in [0.717, 1.165) is 30.6 Å². The van der Waals surface area contributed by atoms with Crippen LogP contribution in [0.1, 0.15) is 68.4 Å². The molecule has 3 rings (SSSR count). The zero-order valence-corrected chi connectivity index (χ0v) is 12.6. The molecule has 0 unspecified atom stereocenters. The summed E-state index contributed by atoms with van der Waals surface area (Å²) in [6.45, 7) is 2.24. The van der Waals surface area contributed by atoms with Gasteiger partial charge in [0.1, 0.15) is 5.78 Å². The smallest absolute Gasteiger partial charge is 0.132 e. The molecule has 0 radical (unpaired) electrons. The third kappa shape index (κ3) is 2.97. The largest absolute Gasteiger partial charge is 0.300 e. The molecular weight excluding hydrogens is 244 g/mol. The lowest BCUT2D eigenvalue weighted by Crippen LogP contribution is -2.25. The summed E-state index contributed by atoms with van der Waals surface area (Å²) in [5.41, 5.74) is 3.03. The van der Waals surface area contributed by atoms with Crippen LogP contribution in [-0.2, 0) is 4.79 Å². The van der Waals surface area contributed by atoms with E-state index in [9.17, 15) is 4.79 Å². The van der Waals surface area contributed by atoms with Crippen LogP contribution in [0.2, 0.25) is 0 Å². The Kier molecular flexibility index (Phi) is 4.24. The van der Waals surface area contributed by atoms with Crippen molar-refractivity contribution in [2.24, 2.45) is 11.8 Å². The van der Waals surface area contributed by atoms with Crippen molar-refractivity contribution in [2.45, 2.75) is 64.2 Å². The second-order valence-corrected chi connectivity index (χ2v) is 6.84. The monoisotopic (exact) mass is 270 g/mol. The zero-order valence-electron chi connectivity index (χ0n) is 12.6. The van der Waals surface area contributed by atoms with E-state index in [0.29, 0.717) is 5.78 Å². The minimum absolute atomic E-state index is 0.495. The van der Waals surface area contributed by atoms with E-state index < -0.39 is 0 Å². The number of hydrogen-bond donors (Lipinski definition) is 0. The van der Waals surface area contributed by atoms with Gasteiger partial charge in [-0.05, 0) is 74.3 Å². The van der Waals surface area contributed by atoms with E-state index >= 15 is 0 Å².